The minimum atomic E-state index is -0.688. The lowest BCUT2D eigenvalue weighted by Gasteiger charge is -2.36. The predicted molar refractivity (Wildman–Crippen MR) is 63.3 cm³/mol. The highest BCUT2D eigenvalue weighted by atomic mass is 16.5. The van der Waals surface area contributed by atoms with Crippen LogP contribution in [0.2, 0.25) is 0 Å². The monoisotopic (exact) mass is 243 g/mol. The van der Waals surface area contributed by atoms with Gasteiger partial charge in [-0.1, -0.05) is 0 Å². The zero-order valence-electron chi connectivity index (χ0n) is 10.3. The number of rotatable bonds is 7. The van der Waals surface area contributed by atoms with Gasteiger partial charge in [0.1, 0.15) is 0 Å². The molecule has 98 valence electrons. The van der Waals surface area contributed by atoms with E-state index >= 15 is 0 Å². The van der Waals surface area contributed by atoms with Gasteiger partial charge in [0.2, 0.25) is 11.8 Å². The molecule has 1 saturated carbocycles. The molecule has 6 heteroatoms. The normalized spacial score (nSPS) is 17.1. The first-order valence-electron chi connectivity index (χ1n) is 5.91. The summed E-state index contributed by atoms with van der Waals surface area (Å²) in [5.41, 5.74) is 5.14. The molecular weight excluding hydrogens is 222 g/mol. The van der Waals surface area contributed by atoms with Crippen LogP contribution in [0, 0.1) is 0 Å². The van der Waals surface area contributed by atoms with E-state index in [4.69, 9.17) is 10.5 Å². The van der Waals surface area contributed by atoms with Gasteiger partial charge >= 0.3 is 0 Å². The van der Waals surface area contributed by atoms with Crippen molar-refractivity contribution in [2.24, 2.45) is 5.73 Å². The Hall–Kier alpha value is -1.14. The van der Waals surface area contributed by atoms with Crippen molar-refractivity contribution < 1.29 is 14.3 Å². The van der Waals surface area contributed by atoms with Gasteiger partial charge in [-0.05, 0) is 19.3 Å². The lowest BCUT2D eigenvalue weighted by atomic mass is 9.77. The first kappa shape index (κ1) is 13.9. The van der Waals surface area contributed by atoms with E-state index in [-0.39, 0.29) is 18.2 Å². The number of carbonyl (C=O) groups is 2. The Kier molecular flexibility index (Phi) is 5.37. The Labute approximate surface area is 101 Å². The highest BCUT2D eigenvalue weighted by Gasteiger charge is 2.39. The molecule has 4 N–H and O–H groups in total. The van der Waals surface area contributed by atoms with Crippen LogP contribution in [-0.2, 0) is 14.3 Å². The van der Waals surface area contributed by atoms with Crippen molar-refractivity contribution in [1.29, 1.82) is 0 Å². The number of ether oxygens (including phenoxy) is 1. The second-order valence-corrected chi connectivity index (χ2v) is 4.36. The zero-order valence-corrected chi connectivity index (χ0v) is 10.3. The third-order valence-electron chi connectivity index (χ3n) is 2.96. The summed E-state index contributed by atoms with van der Waals surface area (Å²) in [5, 5.41) is 5.37. The molecule has 6 nitrogen and oxygen atoms in total. The molecule has 0 radical (unpaired) electrons. The fourth-order valence-electron chi connectivity index (χ4n) is 1.63. The van der Waals surface area contributed by atoms with Crippen molar-refractivity contribution in [2.45, 2.75) is 31.2 Å². The van der Waals surface area contributed by atoms with Crippen molar-refractivity contribution >= 4 is 11.8 Å². The van der Waals surface area contributed by atoms with E-state index in [0.717, 1.165) is 19.3 Å². The van der Waals surface area contributed by atoms with Crippen molar-refractivity contribution in [3.63, 3.8) is 0 Å². The van der Waals surface area contributed by atoms with Crippen LogP contribution >= 0.6 is 0 Å². The number of hydrogen-bond donors (Lipinski definition) is 3. The van der Waals surface area contributed by atoms with Gasteiger partial charge in [-0.15, -0.1) is 0 Å². The summed E-state index contributed by atoms with van der Waals surface area (Å²) in [6.45, 7) is 1.31. The summed E-state index contributed by atoms with van der Waals surface area (Å²) in [6, 6.07) is 0. The van der Waals surface area contributed by atoms with Crippen LogP contribution in [0.3, 0.4) is 0 Å². The highest BCUT2D eigenvalue weighted by molar-refractivity contribution is 5.87. The molecule has 0 aromatic heterocycles. The zero-order chi connectivity index (χ0) is 12.7. The van der Waals surface area contributed by atoms with Crippen LogP contribution in [0.1, 0.15) is 25.7 Å². The topological polar surface area (TPSA) is 93.5 Å². The van der Waals surface area contributed by atoms with Gasteiger partial charge in [0.15, 0.2) is 0 Å². The molecule has 17 heavy (non-hydrogen) atoms. The molecule has 2 amide bonds. The molecule has 0 spiro atoms. The molecule has 0 heterocycles. The van der Waals surface area contributed by atoms with Crippen LogP contribution in [-0.4, -0.2) is 44.2 Å². The van der Waals surface area contributed by atoms with Gasteiger partial charge in [-0.3, -0.25) is 9.59 Å². The molecule has 0 bridgehead atoms. The van der Waals surface area contributed by atoms with Crippen molar-refractivity contribution in [3.05, 3.63) is 0 Å². The van der Waals surface area contributed by atoms with E-state index in [2.05, 4.69) is 10.6 Å². The van der Waals surface area contributed by atoms with E-state index in [9.17, 15) is 9.59 Å². The molecule has 0 aliphatic heterocycles. The number of nitrogens with two attached hydrogens (primary N) is 1. The van der Waals surface area contributed by atoms with Gasteiger partial charge in [-0.2, -0.15) is 0 Å². The number of hydrogen-bond acceptors (Lipinski definition) is 4. The lowest BCUT2D eigenvalue weighted by molar-refractivity contribution is -0.129. The highest BCUT2D eigenvalue weighted by Crippen LogP contribution is 2.28. The second-order valence-electron chi connectivity index (χ2n) is 4.36. The fraction of sp³-hybridized carbons (Fsp3) is 0.818. The largest absolute Gasteiger partial charge is 0.383 e. The minimum absolute atomic E-state index is 0.0953. The summed E-state index contributed by atoms with van der Waals surface area (Å²) in [4.78, 5) is 22.9. The minimum Gasteiger partial charge on any atom is -0.383 e. The van der Waals surface area contributed by atoms with Crippen molar-refractivity contribution in [1.82, 2.24) is 10.6 Å². The van der Waals surface area contributed by atoms with E-state index in [0.29, 0.717) is 19.7 Å². The van der Waals surface area contributed by atoms with Crippen molar-refractivity contribution in [3.8, 4) is 0 Å². The van der Waals surface area contributed by atoms with Gasteiger partial charge in [0, 0.05) is 26.6 Å². The fourth-order valence-corrected chi connectivity index (χ4v) is 1.63. The number of amides is 2. The van der Waals surface area contributed by atoms with Crippen LogP contribution < -0.4 is 16.4 Å². The smallest absolute Gasteiger partial charge is 0.240 e. The molecule has 0 saturated heterocycles. The molecule has 0 unspecified atom stereocenters. The van der Waals surface area contributed by atoms with Crippen LogP contribution in [0.15, 0.2) is 0 Å². The van der Waals surface area contributed by atoms with Crippen LogP contribution in [0.4, 0.5) is 0 Å². The standard InChI is InChI=1S/C11H21N3O3/c1-17-8-7-13-9(15)3-6-14-10(16)11(12)4-2-5-11/h2-8,12H2,1H3,(H,13,15)(H,14,16). The first-order chi connectivity index (χ1) is 8.08. The summed E-state index contributed by atoms with van der Waals surface area (Å²) in [5.74, 6) is -0.240. The van der Waals surface area contributed by atoms with E-state index in [1.807, 2.05) is 0 Å². The molecule has 1 aliphatic carbocycles. The molecule has 0 aromatic rings. The SMILES string of the molecule is COCCNC(=O)CCNC(=O)C1(N)CCC1. The maximum Gasteiger partial charge on any atom is 0.240 e. The molecule has 1 fully saturated rings. The molecule has 0 aromatic carbocycles. The molecule has 1 rings (SSSR count). The predicted octanol–water partition coefficient (Wildman–Crippen LogP) is -0.863. The Morgan fingerprint density at radius 2 is 2.00 bits per heavy atom. The van der Waals surface area contributed by atoms with Gasteiger partial charge in [0.25, 0.3) is 0 Å². The maximum absolute atomic E-state index is 11.6. The van der Waals surface area contributed by atoms with E-state index in [1.54, 1.807) is 7.11 Å². The Balaban J connectivity index is 2.06. The average molecular weight is 243 g/mol. The van der Waals surface area contributed by atoms with Crippen molar-refractivity contribution in [2.75, 3.05) is 26.8 Å². The molecular formula is C11H21N3O3. The Bertz CT molecular complexity index is 277. The van der Waals surface area contributed by atoms with Gasteiger partial charge in [0.05, 0.1) is 12.1 Å². The number of methoxy groups -OCH3 is 1. The quantitative estimate of drug-likeness (QED) is 0.507. The number of carbonyl (C=O) groups excluding carboxylic acids is 2. The third kappa shape index (κ3) is 4.32. The van der Waals surface area contributed by atoms with Gasteiger partial charge in [-0.25, -0.2) is 0 Å². The Morgan fingerprint density at radius 1 is 1.29 bits per heavy atom. The maximum atomic E-state index is 11.6. The average Bonchev–Trinajstić information content (AvgIpc) is 2.26. The first-order valence-corrected chi connectivity index (χ1v) is 5.91. The lowest BCUT2D eigenvalue weighted by Crippen LogP contribution is -2.58. The molecule has 1 aliphatic rings. The summed E-state index contributed by atoms with van der Waals surface area (Å²) < 4.78 is 4.80. The van der Waals surface area contributed by atoms with E-state index < -0.39 is 5.54 Å². The Morgan fingerprint density at radius 3 is 2.53 bits per heavy atom. The third-order valence-corrected chi connectivity index (χ3v) is 2.96. The van der Waals surface area contributed by atoms with Crippen LogP contribution in [0.5, 0.6) is 0 Å². The van der Waals surface area contributed by atoms with Gasteiger partial charge < -0.3 is 21.1 Å². The van der Waals surface area contributed by atoms with E-state index in [1.165, 1.54) is 0 Å². The number of nitrogens with one attached hydrogen (secondary N) is 2. The summed E-state index contributed by atoms with van der Waals surface area (Å²) in [6.07, 6.45) is 2.74. The summed E-state index contributed by atoms with van der Waals surface area (Å²) in [7, 11) is 1.58. The van der Waals surface area contributed by atoms with Crippen LogP contribution in [0.25, 0.3) is 0 Å². The molecule has 0 atom stereocenters. The summed E-state index contributed by atoms with van der Waals surface area (Å²) >= 11 is 0. The second kappa shape index (κ2) is 6.56.